The smallest absolute Gasteiger partial charge is 0.233 e. The van der Waals surface area contributed by atoms with Gasteiger partial charge < -0.3 is 9.32 Å². The largest absolute Gasteiger partial charge is 0.467 e. The lowest BCUT2D eigenvalue weighted by Crippen LogP contribution is -2.31. The van der Waals surface area contributed by atoms with Gasteiger partial charge in [0.15, 0.2) is 11.0 Å². The molecule has 3 heterocycles. The number of hydrogen-bond donors (Lipinski definition) is 0. The molecule has 0 aliphatic rings. The fraction of sp³-hybridized carbons (Fsp3) is 0.143. The Hall–Kier alpha value is -4.17. The van der Waals surface area contributed by atoms with E-state index in [1.54, 1.807) is 23.6 Å². The van der Waals surface area contributed by atoms with Crippen molar-refractivity contribution in [3.8, 4) is 11.4 Å². The summed E-state index contributed by atoms with van der Waals surface area (Å²) in [5.74, 6) is 1.69. The molecular weight excluding hydrogens is 470 g/mol. The molecule has 0 atom stereocenters. The van der Waals surface area contributed by atoms with Gasteiger partial charge >= 0.3 is 0 Å². The van der Waals surface area contributed by atoms with Gasteiger partial charge in [0, 0.05) is 24.5 Å². The van der Waals surface area contributed by atoms with E-state index in [4.69, 9.17) is 4.42 Å². The summed E-state index contributed by atoms with van der Waals surface area (Å²) in [6.07, 6.45) is 5.13. The van der Waals surface area contributed by atoms with E-state index >= 15 is 0 Å². The number of furan rings is 1. The molecule has 0 unspecified atom stereocenters. The van der Waals surface area contributed by atoms with E-state index in [0.717, 1.165) is 28.3 Å². The average molecular weight is 496 g/mol. The molecule has 0 spiro atoms. The zero-order valence-electron chi connectivity index (χ0n) is 19.6. The van der Waals surface area contributed by atoms with Crippen LogP contribution in [0.4, 0.5) is 0 Å². The van der Waals surface area contributed by atoms with E-state index < -0.39 is 0 Å². The van der Waals surface area contributed by atoms with Crippen molar-refractivity contribution in [2.45, 2.75) is 24.8 Å². The van der Waals surface area contributed by atoms with Crippen LogP contribution in [0.2, 0.25) is 0 Å². The van der Waals surface area contributed by atoms with Crippen molar-refractivity contribution in [2.75, 3.05) is 5.75 Å². The molecule has 0 bridgehead atoms. The highest BCUT2D eigenvalue weighted by Gasteiger charge is 2.20. The Kier molecular flexibility index (Phi) is 7.53. The first-order valence-electron chi connectivity index (χ1n) is 11.6. The lowest BCUT2D eigenvalue weighted by atomic mass is 10.2. The van der Waals surface area contributed by atoms with Gasteiger partial charge in [-0.25, -0.2) is 0 Å². The minimum Gasteiger partial charge on any atom is -0.467 e. The highest BCUT2D eigenvalue weighted by molar-refractivity contribution is 7.99. The van der Waals surface area contributed by atoms with Crippen molar-refractivity contribution >= 4 is 17.7 Å². The molecule has 7 nitrogen and oxygen atoms in total. The van der Waals surface area contributed by atoms with Crippen LogP contribution in [-0.2, 0) is 24.4 Å². The van der Waals surface area contributed by atoms with E-state index in [9.17, 15) is 4.79 Å². The standard InChI is InChI=1S/C28H25N5O2S/c34-26(32(20-25-14-8-16-35-25)18-22-9-3-1-4-10-22)21-36-28-31-30-27(24-13-7-15-29-17-24)33(28)19-23-11-5-2-6-12-23/h1-17H,18-21H2. The first-order valence-corrected chi connectivity index (χ1v) is 12.6. The van der Waals surface area contributed by atoms with Crippen molar-refractivity contribution < 1.29 is 9.21 Å². The van der Waals surface area contributed by atoms with Gasteiger partial charge in [-0.3, -0.25) is 14.3 Å². The van der Waals surface area contributed by atoms with Crippen LogP contribution in [0.5, 0.6) is 0 Å². The third kappa shape index (κ3) is 5.90. The summed E-state index contributed by atoms with van der Waals surface area (Å²) in [5.41, 5.74) is 3.07. The zero-order chi connectivity index (χ0) is 24.6. The monoisotopic (exact) mass is 495 g/mol. The molecule has 0 saturated heterocycles. The van der Waals surface area contributed by atoms with Crippen LogP contribution in [0, 0.1) is 0 Å². The van der Waals surface area contributed by atoms with Crippen LogP contribution in [-0.4, -0.2) is 36.3 Å². The molecule has 0 N–H and O–H groups in total. The molecule has 0 aliphatic heterocycles. The minimum absolute atomic E-state index is 0.00237. The second-order valence-electron chi connectivity index (χ2n) is 8.22. The molecule has 5 rings (SSSR count). The summed E-state index contributed by atoms with van der Waals surface area (Å²) in [7, 11) is 0. The summed E-state index contributed by atoms with van der Waals surface area (Å²) >= 11 is 1.39. The Morgan fingerprint density at radius 3 is 2.33 bits per heavy atom. The van der Waals surface area contributed by atoms with Crippen LogP contribution >= 0.6 is 11.8 Å². The summed E-state index contributed by atoms with van der Waals surface area (Å²) in [6.45, 7) is 1.49. The molecule has 2 aromatic carbocycles. The number of nitrogens with zero attached hydrogens (tertiary/aromatic N) is 5. The number of benzene rings is 2. The molecule has 5 aromatic rings. The topological polar surface area (TPSA) is 77.1 Å². The molecule has 0 aliphatic carbocycles. The maximum absolute atomic E-state index is 13.4. The van der Waals surface area contributed by atoms with Crippen LogP contribution in [0.3, 0.4) is 0 Å². The van der Waals surface area contributed by atoms with Crippen LogP contribution in [0.1, 0.15) is 16.9 Å². The molecule has 8 heteroatoms. The Morgan fingerprint density at radius 1 is 0.861 bits per heavy atom. The Bertz CT molecular complexity index is 1370. The SMILES string of the molecule is O=C(CSc1nnc(-c2cccnc2)n1Cc1ccccc1)N(Cc1ccccc1)Cc1ccco1. The molecule has 3 aromatic heterocycles. The van der Waals surface area contributed by atoms with Crippen molar-refractivity contribution in [1.82, 2.24) is 24.6 Å². The zero-order valence-corrected chi connectivity index (χ0v) is 20.4. The van der Waals surface area contributed by atoms with Gasteiger partial charge in [-0.05, 0) is 35.4 Å². The number of hydrogen-bond acceptors (Lipinski definition) is 6. The Balaban J connectivity index is 1.36. The molecular formula is C28H25N5O2S. The second-order valence-corrected chi connectivity index (χ2v) is 9.17. The minimum atomic E-state index is -0.00237. The summed E-state index contributed by atoms with van der Waals surface area (Å²) in [6, 6.07) is 27.7. The molecule has 0 saturated carbocycles. The van der Waals surface area contributed by atoms with Gasteiger partial charge in [-0.2, -0.15) is 0 Å². The highest BCUT2D eigenvalue weighted by Crippen LogP contribution is 2.25. The normalized spacial score (nSPS) is 10.9. The van der Waals surface area contributed by atoms with Gasteiger partial charge in [-0.1, -0.05) is 72.4 Å². The maximum Gasteiger partial charge on any atom is 0.233 e. The lowest BCUT2D eigenvalue weighted by Gasteiger charge is -2.22. The van der Waals surface area contributed by atoms with Gasteiger partial charge in [-0.15, -0.1) is 10.2 Å². The third-order valence-corrected chi connectivity index (χ3v) is 6.59. The van der Waals surface area contributed by atoms with Crippen LogP contribution < -0.4 is 0 Å². The summed E-state index contributed by atoms with van der Waals surface area (Å²) in [5, 5.41) is 9.57. The van der Waals surface area contributed by atoms with Crippen LogP contribution in [0.15, 0.2) is 113 Å². The number of rotatable bonds is 10. The lowest BCUT2D eigenvalue weighted by molar-refractivity contribution is -0.129. The molecule has 180 valence electrons. The quantitative estimate of drug-likeness (QED) is 0.245. The fourth-order valence-electron chi connectivity index (χ4n) is 3.86. The highest BCUT2D eigenvalue weighted by atomic mass is 32.2. The molecule has 36 heavy (non-hydrogen) atoms. The van der Waals surface area contributed by atoms with Crippen molar-refractivity contribution in [1.29, 1.82) is 0 Å². The van der Waals surface area contributed by atoms with Gasteiger partial charge in [0.05, 0.1) is 25.1 Å². The first-order chi connectivity index (χ1) is 17.8. The predicted molar refractivity (Wildman–Crippen MR) is 139 cm³/mol. The number of aromatic nitrogens is 4. The number of pyridine rings is 1. The Morgan fingerprint density at radius 2 is 1.64 bits per heavy atom. The predicted octanol–water partition coefficient (Wildman–Crippen LogP) is 5.30. The number of thioether (sulfide) groups is 1. The second kappa shape index (κ2) is 11.5. The molecule has 0 radical (unpaired) electrons. The van der Waals surface area contributed by atoms with Gasteiger partial charge in [0.25, 0.3) is 0 Å². The van der Waals surface area contributed by atoms with Crippen LogP contribution in [0.25, 0.3) is 11.4 Å². The first kappa shape index (κ1) is 23.6. The average Bonchev–Trinajstić information content (AvgIpc) is 3.59. The number of amides is 1. The Labute approximate surface area is 213 Å². The summed E-state index contributed by atoms with van der Waals surface area (Å²) < 4.78 is 7.56. The number of carbonyl (C=O) groups excluding carboxylic acids is 1. The molecule has 0 fully saturated rings. The summed E-state index contributed by atoms with van der Waals surface area (Å²) in [4.78, 5) is 19.4. The van der Waals surface area contributed by atoms with E-state index in [1.165, 1.54) is 11.8 Å². The molecule has 1 amide bonds. The van der Waals surface area contributed by atoms with Crippen molar-refractivity contribution in [3.05, 3.63) is 120 Å². The van der Waals surface area contributed by atoms with Crippen molar-refractivity contribution in [2.24, 2.45) is 0 Å². The fourth-order valence-corrected chi connectivity index (χ4v) is 4.70. The van der Waals surface area contributed by atoms with E-state index in [2.05, 4.69) is 27.3 Å². The third-order valence-electron chi connectivity index (χ3n) is 5.64. The number of carbonyl (C=O) groups is 1. The van der Waals surface area contributed by atoms with Crippen molar-refractivity contribution in [3.63, 3.8) is 0 Å². The van der Waals surface area contributed by atoms with Gasteiger partial charge in [0.2, 0.25) is 5.91 Å². The van der Waals surface area contributed by atoms with Gasteiger partial charge in [0.1, 0.15) is 5.76 Å². The maximum atomic E-state index is 13.4. The van der Waals surface area contributed by atoms with E-state index in [-0.39, 0.29) is 11.7 Å². The van der Waals surface area contributed by atoms with E-state index in [1.807, 2.05) is 77.4 Å². The van der Waals surface area contributed by atoms with E-state index in [0.29, 0.717) is 24.8 Å².